The van der Waals surface area contributed by atoms with Crippen molar-refractivity contribution in [2.45, 2.75) is 0 Å². The van der Waals surface area contributed by atoms with E-state index in [1.165, 1.54) is 14.2 Å². The van der Waals surface area contributed by atoms with Gasteiger partial charge in [0.05, 0.1) is 21.3 Å². The molecule has 0 N–H and O–H groups in total. The minimum absolute atomic E-state index is 0.910. The SMILES string of the molecule is COOC.COc1ccccc1. The Kier molecular flexibility index (Phi) is 7.33. The van der Waals surface area contributed by atoms with Crippen molar-refractivity contribution in [2.75, 3.05) is 21.3 Å². The van der Waals surface area contributed by atoms with Crippen LogP contribution in [0.5, 0.6) is 5.75 Å². The van der Waals surface area contributed by atoms with Crippen molar-refractivity contribution in [3.8, 4) is 5.75 Å². The molecule has 0 radical (unpaired) electrons. The number of benzene rings is 1. The predicted octanol–water partition coefficient (Wildman–Crippen LogP) is 1.89. The van der Waals surface area contributed by atoms with Gasteiger partial charge in [0.15, 0.2) is 0 Å². The van der Waals surface area contributed by atoms with Crippen LogP contribution in [0.4, 0.5) is 0 Å². The summed E-state index contributed by atoms with van der Waals surface area (Å²) < 4.78 is 4.91. The first-order chi connectivity index (χ1) is 5.85. The quantitative estimate of drug-likeness (QED) is 0.501. The van der Waals surface area contributed by atoms with Crippen LogP contribution < -0.4 is 4.74 Å². The smallest absolute Gasteiger partial charge is 0.118 e. The molecule has 0 spiro atoms. The Bertz CT molecular complexity index is 172. The van der Waals surface area contributed by atoms with Crippen molar-refractivity contribution < 1.29 is 14.5 Å². The van der Waals surface area contributed by atoms with Gasteiger partial charge in [0, 0.05) is 0 Å². The van der Waals surface area contributed by atoms with Crippen LogP contribution in [-0.2, 0) is 9.78 Å². The zero-order chi connectivity index (χ0) is 9.23. The molecule has 0 aliphatic carbocycles. The summed E-state index contributed by atoms with van der Waals surface area (Å²) >= 11 is 0. The van der Waals surface area contributed by atoms with Gasteiger partial charge in [-0.05, 0) is 12.1 Å². The Labute approximate surface area is 72.8 Å². The van der Waals surface area contributed by atoms with Gasteiger partial charge in [0.25, 0.3) is 0 Å². The fourth-order valence-electron chi connectivity index (χ4n) is 0.557. The maximum absolute atomic E-state index is 4.91. The van der Waals surface area contributed by atoms with E-state index < -0.39 is 0 Å². The van der Waals surface area contributed by atoms with E-state index >= 15 is 0 Å². The summed E-state index contributed by atoms with van der Waals surface area (Å²) in [5.41, 5.74) is 0. The molecule has 0 aliphatic rings. The Morgan fingerprint density at radius 1 is 0.833 bits per heavy atom. The first-order valence-electron chi connectivity index (χ1n) is 3.51. The van der Waals surface area contributed by atoms with Crippen LogP contribution in [0.25, 0.3) is 0 Å². The standard InChI is InChI=1S/C7H8O.C2H6O2/c1-8-7-5-3-2-4-6-7;1-3-4-2/h2-6H,1H3;1-2H3. The third kappa shape index (κ3) is 5.70. The molecule has 0 aliphatic heterocycles. The highest BCUT2D eigenvalue weighted by Gasteiger charge is 1.80. The highest BCUT2D eigenvalue weighted by atomic mass is 17.2. The van der Waals surface area contributed by atoms with E-state index in [0.717, 1.165) is 5.75 Å². The number of rotatable bonds is 2. The molecule has 1 aromatic carbocycles. The molecule has 0 aromatic heterocycles. The number of hydrogen-bond donors (Lipinski definition) is 0. The van der Waals surface area contributed by atoms with Gasteiger partial charge in [-0.15, -0.1) is 0 Å². The van der Waals surface area contributed by atoms with Crippen molar-refractivity contribution >= 4 is 0 Å². The first-order valence-corrected chi connectivity index (χ1v) is 3.51. The maximum atomic E-state index is 4.91. The Morgan fingerprint density at radius 3 is 1.58 bits per heavy atom. The summed E-state index contributed by atoms with van der Waals surface area (Å²) in [5.74, 6) is 0.910. The van der Waals surface area contributed by atoms with Gasteiger partial charge in [-0.1, -0.05) is 18.2 Å². The average molecular weight is 170 g/mol. The lowest BCUT2D eigenvalue weighted by molar-refractivity contribution is -0.248. The summed E-state index contributed by atoms with van der Waals surface area (Å²) in [6.45, 7) is 0. The van der Waals surface area contributed by atoms with Crippen molar-refractivity contribution in [1.29, 1.82) is 0 Å². The second-order valence-corrected chi connectivity index (χ2v) is 1.85. The minimum atomic E-state index is 0.910. The molecule has 0 fully saturated rings. The van der Waals surface area contributed by atoms with Gasteiger partial charge in [-0.25, -0.2) is 9.78 Å². The monoisotopic (exact) mass is 170 g/mol. The maximum Gasteiger partial charge on any atom is 0.118 e. The van der Waals surface area contributed by atoms with E-state index in [-0.39, 0.29) is 0 Å². The Hall–Kier alpha value is -1.06. The van der Waals surface area contributed by atoms with Gasteiger partial charge in [-0.2, -0.15) is 0 Å². The van der Waals surface area contributed by atoms with Crippen LogP contribution >= 0.6 is 0 Å². The normalized spacial score (nSPS) is 8.25. The molecular formula is C9H14O3. The zero-order valence-electron chi connectivity index (χ0n) is 7.61. The summed E-state index contributed by atoms with van der Waals surface area (Å²) in [6, 6.07) is 9.68. The number of para-hydroxylation sites is 1. The molecule has 12 heavy (non-hydrogen) atoms. The molecule has 0 saturated carbocycles. The lowest BCUT2D eigenvalue weighted by Crippen LogP contribution is -1.78. The number of ether oxygens (including phenoxy) is 1. The molecular weight excluding hydrogens is 156 g/mol. The van der Waals surface area contributed by atoms with E-state index in [1.54, 1.807) is 7.11 Å². The van der Waals surface area contributed by atoms with Gasteiger partial charge in [0.1, 0.15) is 5.75 Å². The highest BCUT2D eigenvalue weighted by Crippen LogP contribution is 2.05. The van der Waals surface area contributed by atoms with Crippen LogP contribution in [0.2, 0.25) is 0 Å². The van der Waals surface area contributed by atoms with Gasteiger partial charge < -0.3 is 4.74 Å². The lowest BCUT2D eigenvalue weighted by Gasteiger charge is -1.93. The van der Waals surface area contributed by atoms with Crippen molar-refractivity contribution in [1.82, 2.24) is 0 Å². The van der Waals surface area contributed by atoms with Crippen LogP contribution in [0.1, 0.15) is 0 Å². The summed E-state index contributed by atoms with van der Waals surface area (Å²) in [6.07, 6.45) is 0. The molecule has 3 heteroatoms. The van der Waals surface area contributed by atoms with E-state index in [9.17, 15) is 0 Å². The third-order valence-corrected chi connectivity index (χ3v) is 1.15. The number of hydrogen-bond acceptors (Lipinski definition) is 3. The van der Waals surface area contributed by atoms with Gasteiger partial charge in [0.2, 0.25) is 0 Å². The van der Waals surface area contributed by atoms with E-state index in [2.05, 4.69) is 9.78 Å². The molecule has 1 aromatic rings. The Morgan fingerprint density at radius 2 is 1.33 bits per heavy atom. The molecule has 0 bridgehead atoms. The first kappa shape index (κ1) is 10.9. The second-order valence-electron chi connectivity index (χ2n) is 1.85. The summed E-state index contributed by atoms with van der Waals surface area (Å²) in [5, 5.41) is 0. The molecule has 0 atom stereocenters. The van der Waals surface area contributed by atoms with E-state index in [4.69, 9.17) is 4.74 Å². The topological polar surface area (TPSA) is 27.7 Å². The van der Waals surface area contributed by atoms with Crippen LogP contribution in [0.3, 0.4) is 0 Å². The van der Waals surface area contributed by atoms with Crippen LogP contribution in [-0.4, -0.2) is 21.3 Å². The second kappa shape index (κ2) is 8.04. The van der Waals surface area contributed by atoms with Gasteiger partial charge >= 0.3 is 0 Å². The fourth-order valence-corrected chi connectivity index (χ4v) is 0.557. The van der Waals surface area contributed by atoms with Gasteiger partial charge in [-0.3, -0.25) is 0 Å². The Balaban J connectivity index is 0.000000261. The van der Waals surface area contributed by atoms with Crippen molar-refractivity contribution in [3.05, 3.63) is 30.3 Å². The van der Waals surface area contributed by atoms with E-state index in [0.29, 0.717) is 0 Å². The fraction of sp³-hybridized carbons (Fsp3) is 0.333. The lowest BCUT2D eigenvalue weighted by atomic mass is 10.3. The van der Waals surface area contributed by atoms with Crippen molar-refractivity contribution in [2.24, 2.45) is 0 Å². The number of methoxy groups -OCH3 is 1. The summed E-state index contributed by atoms with van der Waals surface area (Å²) in [4.78, 5) is 8.08. The molecule has 0 unspecified atom stereocenters. The summed E-state index contributed by atoms with van der Waals surface area (Å²) in [7, 11) is 4.58. The molecule has 0 heterocycles. The minimum Gasteiger partial charge on any atom is -0.497 e. The molecule has 3 nitrogen and oxygen atoms in total. The zero-order valence-corrected chi connectivity index (χ0v) is 7.61. The van der Waals surface area contributed by atoms with Crippen molar-refractivity contribution in [3.63, 3.8) is 0 Å². The molecule has 1 rings (SSSR count). The largest absolute Gasteiger partial charge is 0.497 e. The van der Waals surface area contributed by atoms with Crippen LogP contribution in [0, 0.1) is 0 Å². The third-order valence-electron chi connectivity index (χ3n) is 1.15. The van der Waals surface area contributed by atoms with E-state index in [1.807, 2.05) is 30.3 Å². The highest BCUT2D eigenvalue weighted by molar-refractivity contribution is 5.20. The average Bonchev–Trinajstić information content (AvgIpc) is 2.19. The predicted molar refractivity (Wildman–Crippen MR) is 47.0 cm³/mol. The molecule has 0 amide bonds. The molecule has 0 saturated heterocycles. The van der Waals surface area contributed by atoms with Crippen LogP contribution in [0.15, 0.2) is 30.3 Å². The molecule has 68 valence electrons.